The molecular formula is C18H21ClO2. The van der Waals surface area contributed by atoms with E-state index in [2.05, 4.69) is 19.1 Å². The molecule has 0 saturated carbocycles. The zero-order valence-electron chi connectivity index (χ0n) is 12.9. The minimum Gasteiger partial charge on any atom is -0.496 e. The largest absolute Gasteiger partial charge is 0.496 e. The first-order chi connectivity index (χ1) is 10.1. The number of hydrogen-bond acceptors (Lipinski definition) is 2. The van der Waals surface area contributed by atoms with E-state index in [9.17, 15) is 0 Å². The summed E-state index contributed by atoms with van der Waals surface area (Å²) >= 11 is 6.74. The van der Waals surface area contributed by atoms with Crippen molar-refractivity contribution < 1.29 is 9.47 Å². The quantitative estimate of drug-likeness (QED) is 0.721. The van der Waals surface area contributed by atoms with Crippen molar-refractivity contribution in [3.05, 3.63) is 58.7 Å². The Balaban J connectivity index is 2.51. The molecular weight excluding hydrogens is 284 g/mol. The van der Waals surface area contributed by atoms with E-state index in [1.54, 1.807) is 7.11 Å². The van der Waals surface area contributed by atoms with Gasteiger partial charge in [0.05, 0.1) is 19.1 Å². The van der Waals surface area contributed by atoms with Crippen molar-refractivity contribution in [2.45, 2.75) is 26.1 Å². The smallest absolute Gasteiger partial charge is 0.124 e. The van der Waals surface area contributed by atoms with E-state index < -0.39 is 0 Å². The van der Waals surface area contributed by atoms with E-state index in [-0.39, 0.29) is 5.38 Å². The molecule has 112 valence electrons. The lowest BCUT2D eigenvalue weighted by Gasteiger charge is -2.18. The Kier molecular flexibility index (Phi) is 5.13. The average molecular weight is 305 g/mol. The second kappa shape index (κ2) is 6.86. The molecule has 0 N–H and O–H groups in total. The number of alkyl halides is 1. The van der Waals surface area contributed by atoms with E-state index in [1.807, 2.05) is 38.1 Å². The first kappa shape index (κ1) is 15.7. The number of benzene rings is 2. The van der Waals surface area contributed by atoms with Crippen LogP contribution in [0.5, 0.6) is 11.5 Å². The first-order valence-corrected chi connectivity index (χ1v) is 7.52. The highest BCUT2D eigenvalue weighted by Crippen LogP contribution is 2.40. The Hall–Kier alpha value is -1.67. The second-order valence-corrected chi connectivity index (χ2v) is 5.52. The monoisotopic (exact) mass is 304 g/mol. The molecule has 0 amide bonds. The van der Waals surface area contributed by atoms with E-state index in [0.717, 1.165) is 33.8 Å². The SMILES string of the molecule is CCOc1ccc(C)cc1C(Cl)c1cc(C)ccc1OC. The Morgan fingerprint density at radius 2 is 1.48 bits per heavy atom. The summed E-state index contributed by atoms with van der Waals surface area (Å²) in [6.45, 7) is 6.69. The van der Waals surface area contributed by atoms with E-state index in [4.69, 9.17) is 21.1 Å². The molecule has 0 aliphatic heterocycles. The lowest BCUT2D eigenvalue weighted by atomic mass is 9.99. The molecule has 0 saturated heterocycles. The summed E-state index contributed by atoms with van der Waals surface area (Å²) in [7, 11) is 1.66. The van der Waals surface area contributed by atoms with Gasteiger partial charge < -0.3 is 9.47 Å². The topological polar surface area (TPSA) is 18.5 Å². The predicted molar refractivity (Wildman–Crippen MR) is 87.8 cm³/mol. The number of hydrogen-bond donors (Lipinski definition) is 0. The van der Waals surface area contributed by atoms with Crippen molar-refractivity contribution in [3.8, 4) is 11.5 Å². The van der Waals surface area contributed by atoms with Crippen LogP contribution in [0, 0.1) is 13.8 Å². The van der Waals surface area contributed by atoms with Gasteiger partial charge in [-0.2, -0.15) is 0 Å². The zero-order valence-corrected chi connectivity index (χ0v) is 13.7. The molecule has 0 bridgehead atoms. The molecule has 21 heavy (non-hydrogen) atoms. The van der Waals surface area contributed by atoms with Gasteiger partial charge in [0.2, 0.25) is 0 Å². The number of methoxy groups -OCH3 is 1. The van der Waals surface area contributed by atoms with Crippen LogP contribution in [0.1, 0.15) is 34.6 Å². The van der Waals surface area contributed by atoms with Crippen molar-refractivity contribution in [1.29, 1.82) is 0 Å². The molecule has 2 nitrogen and oxygen atoms in total. The fourth-order valence-electron chi connectivity index (χ4n) is 2.37. The molecule has 0 heterocycles. The highest BCUT2D eigenvalue weighted by molar-refractivity contribution is 6.23. The van der Waals surface area contributed by atoms with E-state index >= 15 is 0 Å². The average Bonchev–Trinajstić information content (AvgIpc) is 2.48. The summed E-state index contributed by atoms with van der Waals surface area (Å²) < 4.78 is 11.2. The third-order valence-electron chi connectivity index (χ3n) is 3.40. The van der Waals surface area contributed by atoms with Crippen LogP contribution in [0.4, 0.5) is 0 Å². The van der Waals surface area contributed by atoms with Crippen LogP contribution in [0.25, 0.3) is 0 Å². The summed E-state index contributed by atoms with van der Waals surface area (Å²) in [5, 5.41) is -0.304. The second-order valence-electron chi connectivity index (χ2n) is 5.08. The molecule has 0 aliphatic rings. The van der Waals surface area contributed by atoms with Gasteiger partial charge >= 0.3 is 0 Å². The van der Waals surface area contributed by atoms with Crippen LogP contribution in [-0.2, 0) is 0 Å². The molecule has 1 atom stereocenters. The third-order valence-corrected chi connectivity index (χ3v) is 3.87. The van der Waals surface area contributed by atoms with E-state index in [0.29, 0.717) is 6.61 Å². The third kappa shape index (κ3) is 3.51. The van der Waals surface area contributed by atoms with E-state index in [1.165, 1.54) is 0 Å². The number of rotatable bonds is 5. The fraction of sp³-hybridized carbons (Fsp3) is 0.333. The van der Waals surface area contributed by atoms with Crippen LogP contribution in [0.2, 0.25) is 0 Å². The van der Waals surface area contributed by atoms with Crippen molar-refractivity contribution >= 4 is 11.6 Å². The number of halogens is 1. The van der Waals surface area contributed by atoms with Gasteiger partial charge in [-0.25, -0.2) is 0 Å². The van der Waals surface area contributed by atoms with Crippen molar-refractivity contribution in [3.63, 3.8) is 0 Å². The summed E-state index contributed by atoms with van der Waals surface area (Å²) in [5.41, 5.74) is 4.25. The van der Waals surface area contributed by atoms with Crippen molar-refractivity contribution in [2.75, 3.05) is 13.7 Å². The maximum Gasteiger partial charge on any atom is 0.124 e. The summed E-state index contributed by atoms with van der Waals surface area (Å²) in [6.07, 6.45) is 0. The van der Waals surface area contributed by atoms with Gasteiger partial charge in [-0.05, 0) is 32.9 Å². The molecule has 2 aromatic carbocycles. The van der Waals surface area contributed by atoms with Gasteiger partial charge in [0.15, 0.2) is 0 Å². The summed E-state index contributed by atoms with van der Waals surface area (Å²) in [6, 6.07) is 12.1. The highest BCUT2D eigenvalue weighted by atomic mass is 35.5. The first-order valence-electron chi connectivity index (χ1n) is 7.08. The molecule has 2 aromatic rings. The molecule has 1 unspecified atom stereocenters. The molecule has 0 aliphatic carbocycles. The van der Waals surface area contributed by atoms with Crippen LogP contribution in [0.3, 0.4) is 0 Å². The minimum atomic E-state index is -0.304. The maximum absolute atomic E-state index is 6.74. The summed E-state index contributed by atoms with van der Waals surface area (Å²) in [4.78, 5) is 0. The van der Waals surface area contributed by atoms with Crippen LogP contribution in [0.15, 0.2) is 36.4 Å². The predicted octanol–water partition coefficient (Wildman–Crippen LogP) is 5.04. The van der Waals surface area contributed by atoms with Gasteiger partial charge in [0.25, 0.3) is 0 Å². The Morgan fingerprint density at radius 1 is 0.952 bits per heavy atom. The Labute approximate surface area is 131 Å². The molecule has 3 heteroatoms. The molecule has 2 rings (SSSR count). The number of aryl methyl sites for hydroxylation is 2. The molecule has 0 fully saturated rings. The van der Waals surface area contributed by atoms with Gasteiger partial charge in [-0.15, -0.1) is 11.6 Å². The fourth-order valence-corrected chi connectivity index (χ4v) is 2.71. The number of ether oxygens (including phenoxy) is 2. The van der Waals surface area contributed by atoms with Gasteiger partial charge in [0, 0.05) is 11.1 Å². The Morgan fingerprint density at radius 3 is 2.00 bits per heavy atom. The van der Waals surface area contributed by atoms with Gasteiger partial charge in [0.1, 0.15) is 11.5 Å². The normalized spacial score (nSPS) is 12.0. The lowest BCUT2D eigenvalue weighted by Crippen LogP contribution is -2.03. The Bertz CT molecular complexity index is 623. The van der Waals surface area contributed by atoms with Crippen molar-refractivity contribution in [1.82, 2.24) is 0 Å². The zero-order chi connectivity index (χ0) is 15.4. The maximum atomic E-state index is 6.74. The summed E-state index contributed by atoms with van der Waals surface area (Å²) in [5.74, 6) is 1.62. The van der Waals surface area contributed by atoms with Gasteiger partial charge in [-0.1, -0.05) is 35.4 Å². The van der Waals surface area contributed by atoms with Crippen LogP contribution < -0.4 is 9.47 Å². The standard InChI is InChI=1S/C18H21ClO2/c1-5-21-17-9-7-13(3)11-15(17)18(19)14-10-12(2)6-8-16(14)20-4/h6-11,18H,5H2,1-4H3. The molecule has 0 spiro atoms. The van der Waals surface area contributed by atoms with Crippen molar-refractivity contribution in [2.24, 2.45) is 0 Å². The van der Waals surface area contributed by atoms with Crippen LogP contribution >= 0.6 is 11.6 Å². The van der Waals surface area contributed by atoms with Crippen LogP contribution in [-0.4, -0.2) is 13.7 Å². The lowest BCUT2D eigenvalue weighted by molar-refractivity contribution is 0.336. The molecule has 0 aromatic heterocycles. The highest BCUT2D eigenvalue weighted by Gasteiger charge is 2.20. The minimum absolute atomic E-state index is 0.304. The van der Waals surface area contributed by atoms with Gasteiger partial charge in [-0.3, -0.25) is 0 Å². The molecule has 0 radical (unpaired) electrons.